The summed E-state index contributed by atoms with van der Waals surface area (Å²) in [4.78, 5) is 11.7. The number of phenols is 1. The third-order valence-corrected chi connectivity index (χ3v) is 3.99. The number of hydrogen-bond acceptors (Lipinski definition) is 3. The van der Waals surface area contributed by atoms with Crippen LogP contribution in [-0.4, -0.2) is 17.7 Å². The Balaban J connectivity index is 1.92. The van der Waals surface area contributed by atoms with Gasteiger partial charge in [-0.1, -0.05) is 51.2 Å². The fourth-order valence-corrected chi connectivity index (χ4v) is 2.49. The van der Waals surface area contributed by atoms with Crippen molar-refractivity contribution in [1.29, 1.82) is 0 Å². The molecule has 3 heteroatoms. The number of esters is 1. The van der Waals surface area contributed by atoms with Gasteiger partial charge in [0, 0.05) is 0 Å². The Bertz CT molecular complexity index is 462. The molecule has 1 N–H and O–H groups in total. The lowest BCUT2D eigenvalue weighted by molar-refractivity contribution is 0.0497. The fourth-order valence-electron chi connectivity index (χ4n) is 2.49. The first-order valence-corrected chi connectivity index (χ1v) is 9.35. The molecule has 0 saturated heterocycles. The van der Waals surface area contributed by atoms with E-state index in [-0.39, 0.29) is 11.7 Å². The number of unbranched alkanes of at least 4 members (excludes halogenated alkanes) is 8. The molecule has 0 spiro atoms. The maximum atomic E-state index is 11.7. The fraction of sp³-hybridized carbons (Fsp3) is 0.571. The molecule has 1 rings (SSSR count). The summed E-state index contributed by atoms with van der Waals surface area (Å²) in [5.41, 5.74) is 0.483. The van der Waals surface area contributed by atoms with Crippen LogP contribution in [0.4, 0.5) is 0 Å². The Morgan fingerprint density at radius 2 is 1.50 bits per heavy atom. The Kier molecular flexibility index (Phi) is 11.5. The number of rotatable bonds is 13. The minimum atomic E-state index is -0.319. The number of ether oxygens (including phenoxy) is 1. The van der Waals surface area contributed by atoms with Crippen molar-refractivity contribution in [1.82, 2.24) is 0 Å². The molecule has 1 aromatic rings. The van der Waals surface area contributed by atoms with E-state index in [2.05, 4.69) is 19.1 Å². The SMILES string of the molecule is CCCCCC/C=C/CCCCCCOC(=O)c1ccc(O)cc1. The van der Waals surface area contributed by atoms with Gasteiger partial charge in [-0.05, 0) is 56.4 Å². The highest BCUT2D eigenvalue weighted by atomic mass is 16.5. The number of benzene rings is 1. The van der Waals surface area contributed by atoms with Crippen LogP contribution in [0.2, 0.25) is 0 Å². The van der Waals surface area contributed by atoms with Crippen molar-refractivity contribution in [2.45, 2.75) is 71.1 Å². The second-order valence-electron chi connectivity index (χ2n) is 6.21. The summed E-state index contributed by atoms with van der Waals surface area (Å²) in [6.45, 7) is 2.71. The number of allylic oxidation sites excluding steroid dienone is 2. The van der Waals surface area contributed by atoms with Gasteiger partial charge in [0.25, 0.3) is 0 Å². The Morgan fingerprint density at radius 1 is 0.917 bits per heavy atom. The van der Waals surface area contributed by atoms with Crippen LogP contribution < -0.4 is 0 Å². The summed E-state index contributed by atoms with van der Waals surface area (Å²) in [5, 5.41) is 9.18. The highest BCUT2D eigenvalue weighted by Gasteiger charge is 2.06. The molecule has 0 aliphatic rings. The minimum Gasteiger partial charge on any atom is -0.508 e. The van der Waals surface area contributed by atoms with Crippen molar-refractivity contribution in [2.75, 3.05) is 6.61 Å². The van der Waals surface area contributed by atoms with Gasteiger partial charge < -0.3 is 9.84 Å². The van der Waals surface area contributed by atoms with Gasteiger partial charge in [0.2, 0.25) is 0 Å². The molecule has 0 radical (unpaired) electrons. The van der Waals surface area contributed by atoms with E-state index in [1.807, 2.05) is 0 Å². The van der Waals surface area contributed by atoms with Crippen LogP contribution in [0.25, 0.3) is 0 Å². The largest absolute Gasteiger partial charge is 0.508 e. The molecule has 0 atom stereocenters. The first kappa shape index (κ1) is 20.3. The van der Waals surface area contributed by atoms with E-state index in [0.717, 1.165) is 19.3 Å². The number of carbonyl (C=O) groups excluding carboxylic acids is 1. The van der Waals surface area contributed by atoms with E-state index in [0.29, 0.717) is 12.2 Å². The highest BCUT2D eigenvalue weighted by molar-refractivity contribution is 5.89. The monoisotopic (exact) mass is 332 g/mol. The van der Waals surface area contributed by atoms with E-state index in [1.54, 1.807) is 12.1 Å². The number of phenolic OH excluding ortho intramolecular Hbond substituents is 1. The van der Waals surface area contributed by atoms with E-state index in [9.17, 15) is 9.90 Å². The van der Waals surface area contributed by atoms with Gasteiger partial charge >= 0.3 is 5.97 Å². The van der Waals surface area contributed by atoms with Crippen LogP contribution >= 0.6 is 0 Å². The quantitative estimate of drug-likeness (QED) is 0.273. The van der Waals surface area contributed by atoms with Gasteiger partial charge in [-0.3, -0.25) is 0 Å². The molecule has 24 heavy (non-hydrogen) atoms. The van der Waals surface area contributed by atoms with E-state index >= 15 is 0 Å². The van der Waals surface area contributed by atoms with E-state index in [1.165, 1.54) is 57.1 Å². The standard InChI is InChI=1S/C21H32O3/c1-2-3-4-5-6-7-8-9-10-11-12-13-18-24-21(23)19-14-16-20(22)17-15-19/h7-8,14-17,22H,2-6,9-13,18H2,1H3/b8-7+. The molecule has 3 nitrogen and oxygen atoms in total. The van der Waals surface area contributed by atoms with Crippen LogP contribution in [0.5, 0.6) is 5.75 Å². The molecule has 0 heterocycles. The van der Waals surface area contributed by atoms with Crippen molar-refractivity contribution in [3.63, 3.8) is 0 Å². The van der Waals surface area contributed by atoms with E-state index in [4.69, 9.17) is 4.74 Å². The predicted molar refractivity (Wildman–Crippen MR) is 99.4 cm³/mol. The van der Waals surface area contributed by atoms with Gasteiger partial charge in [0.05, 0.1) is 12.2 Å². The van der Waals surface area contributed by atoms with Crippen molar-refractivity contribution in [3.05, 3.63) is 42.0 Å². The Hall–Kier alpha value is -1.77. The highest BCUT2D eigenvalue weighted by Crippen LogP contribution is 2.11. The molecular weight excluding hydrogens is 300 g/mol. The molecule has 0 aliphatic carbocycles. The predicted octanol–water partition coefficient (Wildman–Crippen LogP) is 6.03. The summed E-state index contributed by atoms with van der Waals surface area (Å²) >= 11 is 0. The number of hydrogen-bond donors (Lipinski definition) is 1. The minimum absolute atomic E-state index is 0.154. The molecule has 0 fully saturated rings. The average Bonchev–Trinajstić information content (AvgIpc) is 2.59. The number of carbonyl (C=O) groups is 1. The molecule has 0 bridgehead atoms. The van der Waals surface area contributed by atoms with Gasteiger partial charge in [-0.15, -0.1) is 0 Å². The molecular formula is C21H32O3. The zero-order chi connectivity index (χ0) is 17.5. The summed E-state index contributed by atoms with van der Waals surface area (Å²) in [6, 6.07) is 6.14. The molecule has 0 aliphatic heterocycles. The first-order chi connectivity index (χ1) is 11.7. The van der Waals surface area contributed by atoms with Crippen molar-refractivity contribution in [3.8, 4) is 5.75 Å². The second kappa shape index (κ2) is 13.6. The molecule has 0 aromatic heterocycles. The topological polar surface area (TPSA) is 46.5 Å². The zero-order valence-electron chi connectivity index (χ0n) is 15.0. The lowest BCUT2D eigenvalue weighted by atomic mass is 10.1. The Labute approximate surface area is 146 Å². The lowest BCUT2D eigenvalue weighted by Crippen LogP contribution is -2.06. The maximum Gasteiger partial charge on any atom is 0.338 e. The molecule has 0 amide bonds. The Morgan fingerprint density at radius 3 is 2.12 bits per heavy atom. The molecule has 0 unspecified atom stereocenters. The third kappa shape index (κ3) is 10.1. The van der Waals surface area contributed by atoms with Crippen LogP contribution in [0.1, 0.15) is 81.5 Å². The zero-order valence-corrected chi connectivity index (χ0v) is 15.0. The van der Waals surface area contributed by atoms with Gasteiger partial charge in [0.15, 0.2) is 0 Å². The summed E-state index contributed by atoms with van der Waals surface area (Å²) in [5.74, 6) is -0.164. The van der Waals surface area contributed by atoms with Gasteiger partial charge in [-0.2, -0.15) is 0 Å². The lowest BCUT2D eigenvalue weighted by Gasteiger charge is -2.04. The van der Waals surface area contributed by atoms with Crippen molar-refractivity contribution >= 4 is 5.97 Å². The second-order valence-corrected chi connectivity index (χ2v) is 6.21. The molecule has 1 aromatic carbocycles. The van der Waals surface area contributed by atoms with Crippen LogP contribution in [0.3, 0.4) is 0 Å². The molecule has 0 saturated carbocycles. The normalized spacial score (nSPS) is 11.0. The van der Waals surface area contributed by atoms with E-state index < -0.39 is 0 Å². The summed E-state index contributed by atoms with van der Waals surface area (Å²) in [7, 11) is 0. The molecule has 134 valence electrons. The van der Waals surface area contributed by atoms with Crippen LogP contribution in [0.15, 0.2) is 36.4 Å². The van der Waals surface area contributed by atoms with Gasteiger partial charge in [-0.25, -0.2) is 4.79 Å². The first-order valence-electron chi connectivity index (χ1n) is 9.35. The third-order valence-electron chi connectivity index (χ3n) is 3.99. The van der Waals surface area contributed by atoms with Crippen LogP contribution in [-0.2, 0) is 4.74 Å². The maximum absolute atomic E-state index is 11.7. The number of aromatic hydroxyl groups is 1. The summed E-state index contributed by atoms with van der Waals surface area (Å²) in [6.07, 6.45) is 16.7. The van der Waals surface area contributed by atoms with Gasteiger partial charge in [0.1, 0.15) is 5.75 Å². The average molecular weight is 332 g/mol. The van der Waals surface area contributed by atoms with Crippen LogP contribution in [0, 0.1) is 0 Å². The summed E-state index contributed by atoms with van der Waals surface area (Å²) < 4.78 is 5.23. The van der Waals surface area contributed by atoms with Crippen molar-refractivity contribution < 1.29 is 14.6 Å². The van der Waals surface area contributed by atoms with Crippen molar-refractivity contribution in [2.24, 2.45) is 0 Å². The smallest absolute Gasteiger partial charge is 0.338 e.